The lowest BCUT2D eigenvalue weighted by Crippen LogP contribution is -2.42. The number of rotatable bonds is 5. The molecule has 166 valence electrons. The van der Waals surface area contributed by atoms with Crippen molar-refractivity contribution in [2.45, 2.75) is 6.04 Å². The van der Waals surface area contributed by atoms with Crippen LogP contribution in [0.3, 0.4) is 0 Å². The maximum atomic E-state index is 13.1. The molecule has 3 aliphatic rings. The highest BCUT2D eigenvalue weighted by Gasteiger charge is 2.46. The number of ketones is 1. The van der Waals surface area contributed by atoms with E-state index >= 15 is 0 Å². The van der Waals surface area contributed by atoms with Crippen molar-refractivity contribution in [2.24, 2.45) is 0 Å². The van der Waals surface area contributed by atoms with Crippen LogP contribution >= 0.6 is 0 Å². The highest BCUT2D eigenvalue weighted by molar-refractivity contribution is 6.46. The number of carbonyl (C=O) groups excluding carboxylic acids is 2. The molecule has 1 aromatic heterocycles. The van der Waals surface area contributed by atoms with Crippen LogP contribution in [0.5, 0.6) is 11.5 Å². The van der Waals surface area contributed by atoms with E-state index in [1.165, 1.54) is 4.90 Å². The monoisotopic (exact) mass is 437 g/mol. The van der Waals surface area contributed by atoms with E-state index in [0.29, 0.717) is 48.9 Å². The largest absolute Gasteiger partial charge is 0.507 e. The molecule has 2 saturated heterocycles. The van der Waals surface area contributed by atoms with Crippen molar-refractivity contribution in [3.05, 3.63) is 59.4 Å². The third kappa shape index (κ3) is 3.69. The maximum absolute atomic E-state index is 13.1. The summed E-state index contributed by atoms with van der Waals surface area (Å²) in [5.41, 5.74) is 1.09. The minimum Gasteiger partial charge on any atom is -0.507 e. The molecule has 0 aliphatic carbocycles. The number of benzene rings is 1. The van der Waals surface area contributed by atoms with Gasteiger partial charge in [0.05, 0.1) is 24.8 Å². The minimum atomic E-state index is -0.727. The van der Waals surface area contributed by atoms with Gasteiger partial charge in [-0.2, -0.15) is 0 Å². The molecule has 5 rings (SSSR count). The molecule has 32 heavy (non-hydrogen) atoms. The predicted molar refractivity (Wildman–Crippen MR) is 113 cm³/mol. The first-order valence-electron chi connectivity index (χ1n) is 10.5. The van der Waals surface area contributed by atoms with Gasteiger partial charge in [0.2, 0.25) is 6.79 Å². The fraction of sp³-hybridized carbons (Fsp3) is 0.348. The minimum absolute atomic E-state index is 0.0452. The second-order valence-corrected chi connectivity index (χ2v) is 7.80. The van der Waals surface area contributed by atoms with Gasteiger partial charge in [0.15, 0.2) is 11.5 Å². The Hall–Kier alpha value is -3.43. The van der Waals surface area contributed by atoms with Crippen molar-refractivity contribution in [1.82, 2.24) is 14.8 Å². The van der Waals surface area contributed by atoms with E-state index in [9.17, 15) is 14.7 Å². The number of likely N-dealkylation sites (tertiary alicyclic amines) is 1. The van der Waals surface area contributed by atoms with Crippen LogP contribution in [0.4, 0.5) is 0 Å². The fourth-order valence-corrected chi connectivity index (χ4v) is 4.27. The quantitative estimate of drug-likeness (QED) is 0.427. The molecule has 1 aromatic carbocycles. The summed E-state index contributed by atoms with van der Waals surface area (Å²) in [4.78, 5) is 34.0. The fourth-order valence-electron chi connectivity index (χ4n) is 4.27. The predicted octanol–water partition coefficient (Wildman–Crippen LogP) is 1.56. The number of hydrogen-bond acceptors (Lipinski definition) is 8. The molecule has 1 N–H and O–H groups in total. The highest BCUT2D eigenvalue weighted by atomic mass is 16.7. The normalized spacial score (nSPS) is 22.5. The van der Waals surface area contributed by atoms with Gasteiger partial charge in [0.1, 0.15) is 5.76 Å². The van der Waals surface area contributed by atoms with Crippen molar-refractivity contribution >= 4 is 17.4 Å². The number of ether oxygens (including phenoxy) is 3. The Bertz CT molecular complexity index is 1060. The highest BCUT2D eigenvalue weighted by Crippen LogP contribution is 2.41. The molecule has 3 aliphatic heterocycles. The Kier molecular flexibility index (Phi) is 5.50. The molecule has 9 nitrogen and oxygen atoms in total. The summed E-state index contributed by atoms with van der Waals surface area (Å²) in [7, 11) is 0. The molecule has 9 heteroatoms. The van der Waals surface area contributed by atoms with E-state index in [4.69, 9.17) is 14.2 Å². The number of pyridine rings is 1. The van der Waals surface area contributed by atoms with Crippen LogP contribution in [-0.2, 0) is 14.3 Å². The molecule has 2 aromatic rings. The Balaban J connectivity index is 1.52. The number of Topliss-reactive ketones (excluding diaryl/α,β-unsaturated/α-hetero) is 1. The number of morpholine rings is 1. The molecular weight excluding hydrogens is 414 g/mol. The Labute approximate surface area is 184 Å². The average Bonchev–Trinajstić information content (AvgIpc) is 3.40. The number of aliphatic hydroxyl groups is 1. The summed E-state index contributed by atoms with van der Waals surface area (Å²) in [5.74, 6) is -0.542. The van der Waals surface area contributed by atoms with Crippen LogP contribution in [0.1, 0.15) is 17.2 Å². The number of fused-ring (bicyclic) bond motifs is 1. The van der Waals surface area contributed by atoms with Gasteiger partial charge in [0.25, 0.3) is 11.7 Å². The molecule has 4 heterocycles. The zero-order valence-corrected chi connectivity index (χ0v) is 17.4. The average molecular weight is 437 g/mol. The summed E-state index contributed by atoms with van der Waals surface area (Å²) >= 11 is 0. The molecular formula is C23H23N3O6. The second kappa shape index (κ2) is 8.60. The molecule has 0 spiro atoms. The van der Waals surface area contributed by atoms with E-state index in [0.717, 1.165) is 13.1 Å². The van der Waals surface area contributed by atoms with Crippen LogP contribution in [0.25, 0.3) is 5.76 Å². The number of aliphatic hydroxyl groups excluding tert-OH is 1. The lowest BCUT2D eigenvalue weighted by molar-refractivity contribution is -0.140. The number of amides is 1. The van der Waals surface area contributed by atoms with Crippen LogP contribution in [0.15, 0.2) is 48.3 Å². The van der Waals surface area contributed by atoms with E-state index in [1.54, 1.807) is 42.7 Å². The van der Waals surface area contributed by atoms with Crippen molar-refractivity contribution in [3.8, 4) is 11.5 Å². The summed E-state index contributed by atoms with van der Waals surface area (Å²) in [6.07, 6.45) is 3.24. The van der Waals surface area contributed by atoms with Gasteiger partial charge in [-0.25, -0.2) is 0 Å². The number of nitrogens with zero attached hydrogens (tertiary/aromatic N) is 3. The molecule has 1 unspecified atom stereocenters. The number of aromatic nitrogens is 1. The molecule has 2 fully saturated rings. The summed E-state index contributed by atoms with van der Waals surface area (Å²) < 4.78 is 16.1. The van der Waals surface area contributed by atoms with E-state index in [-0.39, 0.29) is 18.1 Å². The third-order valence-corrected chi connectivity index (χ3v) is 5.95. The smallest absolute Gasteiger partial charge is 0.295 e. The van der Waals surface area contributed by atoms with Crippen molar-refractivity contribution in [1.29, 1.82) is 0 Å². The zero-order chi connectivity index (χ0) is 22.1. The standard InChI is InChI=1S/C23H23N3O6/c27-21(15-3-4-17-18(12-15)32-14-31-17)19-20(16-2-1-5-24-13-16)26(23(29)22(19)28)7-6-25-8-10-30-11-9-25/h1-5,12-13,20,27H,6-11,14H2/b21-19+. The van der Waals surface area contributed by atoms with E-state index in [2.05, 4.69) is 9.88 Å². The molecule has 0 bridgehead atoms. The van der Waals surface area contributed by atoms with Gasteiger partial charge in [-0.1, -0.05) is 6.07 Å². The van der Waals surface area contributed by atoms with E-state index in [1.807, 2.05) is 0 Å². The third-order valence-electron chi connectivity index (χ3n) is 5.95. The lowest BCUT2D eigenvalue weighted by Gasteiger charge is -2.30. The van der Waals surface area contributed by atoms with Gasteiger partial charge in [-0.3, -0.25) is 19.5 Å². The molecule has 0 radical (unpaired) electrons. The van der Waals surface area contributed by atoms with Gasteiger partial charge in [-0.05, 0) is 29.8 Å². The first-order valence-corrected chi connectivity index (χ1v) is 10.5. The Morgan fingerprint density at radius 1 is 1.09 bits per heavy atom. The van der Waals surface area contributed by atoms with Crippen LogP contribution in [0.2, 0.25) is 0 Å². The van der Waals surface area contributed by atoms with Crippen LogP contribution in [0, 0.1) is 0 Å². The zero-order valence-electron chi connectivity index (χ0n) is 17.4. The lowest BCUT2D eigenvalue weighted by atomic mass is 9.96. The van der Waals surface area contributed by atoms with Gasteiger partial charge in [-0.15, -0.1) is 0 Å². The SMILES string of the molecule is O=C1C(=O)N(CCN2CCOCC2)C(c2cccnc2)/C1=C(\O)c1ccc2c(c1)OCO2. The van der Waals surface area contributed by atoms with Crippen LogP contribution < -0.4 is 9.47 Å². The summed E-state index contributed by atoms with van der Waals surface area (Å²) in [6, 6.07) is 7.75. The van der Waals surface area contributed by atoms with Crippen LogP contribution in [-0.4, -0.2) is 77.8 Å². The second-order valence-electron chi connectivity index (χ2n) is 7.80. The maximum Gasteiger partial charge on any atom is 0.295 e. The molecule has 1 amide bonds. The van der Waals surface area contributed by atoms with Crippen molar-refractivity contribution in [3.63, 3.8) is 0 Å². The molecule has 0 saturated carbocycles. The Morgan fingerprint density at radius 2 is 1.91 bits per heavy atom. The summed E-state index contributed by atoms with van der Waals surface area (Å²) in [6.45, 7) is 3.90. The number of carbonyl (C=O) groups is 2. The van der Waals surface area contributed by atoms with Gasteiger partial charge >= 0.3 is 0 Å². The number of hydrogen-bond donors (Lipinski definition) is 1. The summed E-state index contributed by atoms with van der Waals surface area (Å²) in [5, 5.41) is 11.1. The topological polar surface area (TPSA) is 101 Å². The van der Waals surface area contributed by atoms with E-state index < -0.39 is 17.7 Å². The Morgan fingerprint density at radius 3 is 2.69 bits per heavy atom. The van der Waals surface area contributed by atoms with Crippen molar-refractivity contribution < 1.29 is 28.9 Å². The molecule has 1 atom stereocenters. The van der Waals surface area contributed by atoms with Gasteiger partial charge < -0.3 is 24.2 Å². The first kappa shape index (κ1) is 20.5. The van der Waals surface area contributed by atoms with Crippen molar-refractivity contribution in [2.75, 3.05) is 46.2 Å². The van der Waals surface area contributed by atoms with Gasteiger partial charge in [0, 0.05) is 44.1 Å². The first-order chi connectivity index (χ1) is 15.6.